The van der Waals surface area contributed by atoms with Crippen LogP contribution in [0.15, 0.2) is 0 Å². The lowest BCUT2D eigenvalue weighted by Crippen LogP contribution is -2.56. The molecule has 4 heteroatoms. The molecule has 4 nitrogen and oxygen atoms in total. The SMILES string of the molecule is COCC(O)CNC1(CO)CCC1. The maximum absolute atomic E-state index is 9.36. The Balaban J connectivity index is 2.16. The lowest BCUT2D eigenvalue weighted by atomic mass is 9.77. The van der Waals surface area contributed by atoms with Gasteiger partial charge in [0.1, 0.15) is 0 Å². The Labute approximate surface area is 78.9 Å². The van der Waals surface area contributed by atoms with E-state index in [0.29, 0.717) is 13.2 Å². The third-order valence-electron chi connectivity index (χ3n) is 2.69. The Morgan fingerprint density at radius 3 is 2.62 bits per heavy atom. The number of aliphatic hydroxyl groups is 2. The number of aliphatic hydroxyl groups excluding tert-OH is 2. The minimum Gasteiger partial charge on any atom is -0.394 e. The Morgan fingerprint density at radius 1 is 1.54 bits per heavy atom. The molecule has 1 rings (SSSR count). The highest BCUT2D eigenvalue weighted by molar-refractivity contribution is 4.95. The highest BCUT2D eigenvalue weighted by Gasteiger charge is 2.35. The van der Waals surface area contributed by atoms with E-state index in [2.05, 4.69) is 5.32 Å². The van der Waals surface area contributed by atoms with Gasteiger partial charge in [0, 0.05) is 19.2 Å². The zero-order valence-corrected chi connectivity index (χ0v) is 8.12. The molecule has 0 amide bonds. The van der Waals surface area contributed by atoms with Crippen molar-refractivity contribution in [3.05, 3.63) is 0 Å². The number of hydrogen-bond donors (Lipinski definition) is 3. The predicted octanol–water partition coefficient (Wildman–Crippen LogP) is -0.502. The van der Waals surface area contributed by atoms with Gasteiger partial charge in [-0.25, -0.2) is 0 Å². The zero-order valence-electron chi connectivity index (χ0n) is 8.12. The number of rotatable bonds is 6. The summed E-state index contributed by atoms with van der Waals surface area (Å²) >= 11 is 0. The van der Waals surface area contributed by atoms with Gasteiger partial charge in [-0.05, 0) is 19.3 Å². The zero-order chi connectivity index (χ0) is 9.73. The van der Waals surface area contributed by atoms with E-state index >= 15 is 0 Å². The number of hydrogen-bond acceptors (Lipinski definition) is 4. The summed E-state index contributed by atoms with van der Waals surface area (Å²) in [6.07, 6.45) is 2.69. The maximum Gasteiger partial charge on any atom is 0.0897 e. The lowest BCUT2D eigenvalue weighted by Gasteiger charge is -2.41. The average molecular weight is 189 g/mol. The number of β-amino-alcohol motifs (C(OH)–C–C–N with tert-alkyl or cyclic N) is 1. The average Bonchev–Trinajstić information content (AvgIpc) is 2.04. The van der Waals surface area contributed by atoms with E-state index in [9.17, 15) is 5.11 Å². The van der Waals surface area contributed by atoms with E-state index in [1.807, 2.05) is 0 Å². The van der Waals surface area contributed by atoms with E-state index in [4.69, 9.17) is 9.84 Å². The molecule has 3 N–H and O–H groups in total. The summed E-state index contributed by atoms with van der Waals surface area (Å²) in [4.78, 5) is 0. The summed E-state index contributed by atoms with van der Waals surface area (Å²) in [6, 6.07) is 0. The van der Waals surface area contributed by atoms with Crippen molar-refractivity contribution in [1.82, 2.24) is 5.32 Å². The van der Waals surface area contributed by atoms with Crippen molar-refractivity contribution >= 4 is 0 Å². The molecule has 78 valence electrons. The van der Waals surface area contributed by atoms with E-state index in [1.165, 1.54) is 0 Å². The van der Waals surface area contributed by atoms with Crippen molar-refractivity contribution in [2.24, 2.45) is 0 Å². The first-order valence-electron chi connectivity index (χ1n) is 4.75. The second-order valence-electron chi connectivity index (χ2n) is 3.78. The number of methoxy groups -OCH3 is 1. The molecular formula is C9H19NO3. The molecule has 1 fully saturated rings. The van der Waals surface area contributed by atoms with Gasteiger partial charge in [0.05, 0.1) is 19.3 Å². The molecule has 0 bridgehead atoms. The first-order chi connectivity index (χ1) is 6.22. The third kappa shape index (κ3) is 2.91. The van der Waals surface area contributed by atoms with Gasteiger partial charge in [-0.2, -0.15) is 0 Å². The van der Waals surface area contributed by atoms with Gasteiger partial charge in [0.15, 0.2) is 0 Å². The van der Waals surface area contributed by atoms with E-state index in [0.717, 1.165) is 19.3 Å². The second kappa shape index (κ2) is 4.91. The van der Waals surface area contributed by atoms with E-state index < -0.39 is 6.10 Å². The highest BCUT2D eigenvalue weighted by Crippen LogP contribution is 2.30. The molecule has 0 saturated heterocycles. The summed E-state index contributed by atoms with van der Waals surface area (Å²) in [5.41, 5.74) is -0.116. The standard InChI is InChI=1S/C9H19NO3/c1-13-6-8(12)5-10-9(7-11)3-2-4-9/h8,10-12H,2-7H2,1H3. The first-order valence-corrected chi connectivity index (χ1v) is 4.75. The quantitative estimate of drug-likeness (QED) is 0.527. The summed E-state index contributed by atoms with van der Waals surface area (Å²) in [7, 11) is 1.56. The molecular weight excluding hydrogens is 170 g/mol. The minimum absolute atomic E-state index is 0.116. The van der Waals surface area contributed by atoms with Crippen molar-refractivity contribution in [1.29, 1.82) is 0 Å². The molecule has 1 aliphatic rings. The van der Waals surface area contributed by atoms with Crippen molar-refractivity contribution in [3.8, 4) is 0 Å². The fourth-order valence-electron chi connectivity index (χ4n) is 1.58. The molecule has 0 aromatic heterocycles. The molecule has 1 atom stereocenters. The van der Waals surface area contributed by atoms with Crippen molar-refractivity contribution in [2.45, 2.75) is 30.9 Å². The topological polar surface area (TPSA) is 61.7 Å². The van der Waals surface area contributed by atoms with Crippen LogP contribution in [-0.4, -0.2) is 48.7 Å². The van der Waals surface area contributed by atoms with Crippen LogP contribution in [0, 0.1) is 0 Å². The minimum atomic E-state index is -0.478. The molecule has 0 aliphatic heterocycles. The van der Waals surface area contributed by atoms with Crippen LogP contribution in [0.3, 0.4) is 0 Å². The number of ether oxygens (including phenoxy) is 1. The van der Waals surface area contributed by atoms with Crippen LogP contribution < -0.4 is 5.32 Å². The van der Waals surface area contributed by atoms with Crippen LogP contribution in [0.5, 0.6) is 0 Å². The van der Waals surface area contributed by atoms with E-state index in [1.54, 1.807) is 7.11 Å². The van der Waals surface area contributed by atoms with E-state index in [-0.39, 0.29) is 12.1 Å². The summed E-state index contributed by atoms with van der Waals surface area (Å²) < 4.78 is 4.80. The fraction of sp³-hybridized carbons (Fsp3) is 1.00. The van der Waals surface area contributed by atoms with Gasteiger partial charge in [0.25, 0.3) is 0 Å². The van der Waals surface area contributed by atoms with Gasteiger partial charge in [-0.1, -0.05) is 0 Å². The molecule has 1 saturated carbocycles. The molecule has 1 aliphatic carbocycles. The predicted molar refractivity (Wildman–Crippen MR) is 49.6 cm³/mol. The van der Waals surface area contributed by atoms with Crippen LogP contribution in [0.4, 0.5) is 0 Å². The molecule has 1 unspecified atom stereocenters. The molecule has 0 heterocycles. The molecule has 0 aromatic rings. The smallest absolute Gasteiger partial charge is 0.0897 e. The molecule has 0 spiro atoms. The third-order valence-corrected chi connectivity index (χ3v) is 2.69. The van der Waals surface area contributed by atoms with Crippen molar-refractivity contribution in [3.63, 3.8) is 0 Å². The van der Waals surface area contributed by atoms with Gasteiger partial charge in [0.2, 0.25) is 0 Å². The highest BCUT2D eigenvalue weighted by atomic mass is 16.5. The Morgan fingerprint density at radius 2 is 2.23 bits per heavy atom. The number of nitrogens with one attached hydrogen (secondary N) is 1. The summed E-state index contributed by atoms with van der Waals surface area (Å²) in [5, 5.41) is 21.6. The summed E-state index contributed by atoms with van der Waals surface area (Å²) in [5.74, 6) is 0. The fourth-order valence-corrected chi connectivity index (χ4v) is 1.58. The van der Waals surface area contributed by atoms with Crippen molar-refractivity contribution in [2.75, 3.05) is 26.9 Å². The monoisotopic (exact) mass is 189 g/mol. The van der Waals surface area contributed by atoms with Gasteiger partial charge < -0.3 is 20.3 Å². The van der Waals surface area contributed by atoms with Crippen LogP contribution >= 0.6 is 0 Å². The Hall–Kier alpha value is -0.160. The largest absolute Gasteiger partial charge is 0.394 e. The van der Waals surface area contributed by atoms with Crippen LogP contribution in [0.2, 0.25) is 0 Å². The molecule has 0 aromatic carbocycles. The normalized spacial score (nSPS) is 22.4. The second-order valence-corrected chi connectivity index (χ2v) is 3.78. The van der Waals surface area contributed by atoms with Crippen molar-refractivity contribution < 1.29 is 14.9 Å². The van der Waals surface area contributed by atoms with Crippen LogP contribution in [0.1, 0.15) is 19.3 Å². The van der Waals surface area contributed by atoms with Crippen LogP contribution in [-0.2, 0) is 4.74 Å². The maximum atomic E-state index is 9.36. The molecule has 0 radical (unpaired) electrons. The summed E-state index contributed by atoms with van der Waals surface area (Å²) in [6.45, 7) is 0.996. The lowest BCUT2D eigenvalue weighted by molar-refractivity contribution is 0.0361. The van der Waals surface area contributed by atoms with Gasteiger partial charge >= 0.3 is 0 Å². The molecule has 13 heavy (non-hydrogen) atoms. The first kappa shape index (κ1) is 10.9. The van der Waals surface area contributed by atoms with Gasteiger partial charge in [-0.3, -0.25) is 0 Å². The van der Waals surface area contributed by atoms with Crippen LogP contribution in [0.25, 0.3) is 0 Å². The van der Waals surface area contributed by atoms with Gasteiger partial charge in [-0.15, -0.1) is 0 Å². The Kier molecular flexibility index (Phi) is 4.12. The Bertz CT molecular complexity index is 142.